The van der Waals surface area contributed by atoms with Crippen LogP contribution in [0.25, 0.3) is 0 Å². The van der Waals surface area contributed by atoms with E-state index in [2.05, 4.69) is 19.9 Å². The third kappa shape index (κ3) is 11.9. The molecule has 1 saturated carbocycles. The van der Waals surface area contributed by atoms with Crippen LogP contribution in [0.3, 0.4) is 0 Å². The van der Waals surface area contributed by atoms with Crippen molar-refractivity contribution >= 4 is 23.4 Å². The second-order valence-corrected chi connectivity index (χ2v) is 18.0. The van der Waals surface area contributed by atoms with Crippen molar-refractivity contribution in [1.29, 1.82) is 0 Å². The molecule has 3 aliphatic heterocycles. The van der Waals surface area contributed by atoms with Crippen molar-refractivity contribution in [1.82, 2.24) is 4.90 Å². The lowest BCUT2D eigenvalue weighted by Crippen LogP contribution is -2.64. The second-order valence-electron chi connectivity index (χ2n) is 18.0. The summed E-state index contributed by atoms with van der Waals surface area (Å²) < 4.78 is 29.9. The van der Waals surface area contributed by atoms with E-state index in [-0.39, 0.29) is 61.9 Å². The van der Waals surface area contributed by atoms with E-state index in [0.29, 0.717) is 50.5 Å². The van der Waals surface area contributed by atoms with Gasteiger partial charge in [0.1, 0.15) is 24.0 Å². The first-order chi connectivity index (χ1) is 27.5. The lowest BCUT2D eigenvalue weighted by Gasteiger charge is -2.47. The average Bonchev–Trinajstić information content (AvgIpc) is 3.19. The van der Waals surface area contributed by atoms with Crippen LogP contribution in [0.1, 0.15) is 125 Å². The molecule has 2 saturated heterocycles. The topological polar surface area (TPSA) is 178 Å². The highest BCUT2D eigenvalue weighted by atomic mass is 16.7. The van der Waals surface area contributed by atoms with E-state index in [1.165, 1.54) is 4.90 Å². The van der Waals surface area contributed by atoms with Crippen LogP contribution in [-0.4, -0.2) is 126 Å². The van der Waals surface area contributed by atoms with Gasteiger partial charge in [-0.25, -0.2) is 4.79 Å². The Morgan fingerprint density at radius 1 is 0.897 bits per heavy atom. The Labute approximate surface area is 346 Å². The number of allylic oxidation sites excluding steroid dienone is 3. The molecule has 3 N–H and O–H groups in total. The zero-order valence-corrected chi connectivity index (χ0v) is 36.5. The maximum atomic E-state index is 14.3. The van der Waals surface area contributed by atoms with E-state index >= 15 is 0 Å². The number of cyclic esters (lactones) is 1. The molecule has 13 heteroatoms. The van der Waals surface area contributed by atoms with E-state index < -0.39 is 77.9 Å². The average molecular weight is 820 g/mol. The monoisotopic (exact) mass is 820 g/mol. The lowest BCUT2D eigenvalue weighted by molar-refractivity contribution is -0.302. The van der Waals surface area contributed by atoms with Crippen LogP contribution >= 0.6 is 0 Å². The third-order valence-electron chi connectivity index (χ3n) is 13.2. The van der Waals surface area contributed by atoms with Crippen molar-refractivity contribution < 1.29 is 58.2 Å². The number of hydrogen-bond donors (Lipinski definition) is 3. The Kier molecular flexibility index (Phi) is 18.1. The Balaban J connectivity index is 1.76. The van der Waals surface area contributed by atoms with Gasteiger partial charge in [-0.05, 0) is 101 Å². The highest BCUT2D eigenvalue weighted by Crippen LogP contribution is 2.39. The van der Waals surface area contributed by atoms with Gasteiger partial charge in [-0.1, -0.05) is 51.8 Å². The Morgan fingerprint density at radius 3 is 2.22 bits per heavy atom. The minimum Gasteiger partial charge on any atom is -0.456 e. The van der Waals surface area contributed by atoms with E-state index in [4.69, 9.17) is 23.7 Å². The van der Waals surface area contributed by atoms with E-state index in [0.717, 1.165) is 18.4 Å². The van der Waals surface area contributed by atoms with Crippen molar-refractivity contribution in [3.8, 4) is 0 Å². The molecule has 330 valence electrons. The molecule has 2 bridgehead atoms. The molecule has 0 aromatic heterocycles. The summed E-state index contributed by atoms with van der Waals surface area (Å²) in [6, 6.07) is -1.13. The SMILES string of the molecule is CCC[C@@H]1/C=C(\C)C[C@H](C)C[C@H](OC)C2O[C@@](O)(C(=O)C(=O)N3CCCC[C@H]3C(=O)O[C@H](/C(C)=C/[C@@H]3CC[C@@H](O)[C@H](OC)C3)[C@H](C)[C@@H](O)CC(=O)C1)[C@H](C)C[C@@H]2OC. The number of fused-ring (bicyclic) bond motifs is 3. The fourth-order valence-corrected chi connectivity index (χ4v) is 9.88. The van der Waals surface area contributed by atoms with Gasteiger partial charge in [0.2, 0.25) is 5.79 Å². The van der Waals surface area contributed by atoms with Gasteiger partial charge >= 0.3 is 5.97 Å². The minimum absolute atomic E-state index is 0.00255. The van der Waals surface area contributed by atoms with Gasteiger partial charge in [-0.3, -0.25) is 14.4 Å². The first kappa shape index (κ1) is 48.1. The number of ketones is 2. The maximum absolute atomic E-state index is 14.3. The summed E-state index contributed by atoms with van der Waals surface area (Å²) in [5, 5.41) is 34.1. The number of piperidine rings is 1. The molecule has 0 aromatic carbocycles. The standard InChI is InChI=1S/C45H73NO12/c1-10-13-31-19-26(2)18-27(3)20-38(55-8)41-39(56-9)22-29(5)45(53,58-41)42(50)43(51)46-17-12-11-14-34(46)44(52)57-40(30(6)36(49)25-33(47)23-31)28(4)21-32-15-16-35(48)37(24-32)54-7/h19,21,27,29-32,34-41,48-49,53H,10-18,20,22-25H2,1-9H3/b26-19+,28-21+/t27-,29+,30+,31+,32-,34-,35+,36-,37+,38-,39-,40+,41?,45+/m0/s1. The van der Waals surface area contributed by atoms with Crippen LogP contribution in [0.5, 0.6) is 0 Å². The van der Waals surface area contributed by atoms with Crippen LogP contribution in [-0.2, 0) is 42.9 Å². The Morgan fingerprint density at radius 2 is 1.57 bits per heavy atom. The van der Waals surface area contributed by atoms with Gasteiger partial charge in [-0.2, -0.15) is 0 Å². The van der Waals surface area contributed by atoms with Gasteiger partial charge in [0.25, 0.3) is 11.7 Å². The zero-order valence-electron chi connectivity index (χ0n) is 36.5. The van der Waals surface area contributed by atoms with Crippen LogP contribution in [0, 0.1) is 29.6 Å². The number of aliphatic hydroxyl groups excluding tert-OH is 2. The predicted octanol–water partition coefficient (Wildman–Crippen LogP) is 5.25. The van der Waals surface area contributed by atoms with Crippen LogP contribution in [0.2, 0.25) is 0 Å². The minimum atomic E-state index is -2.50. The van der Waals surface area contributed by atoms with E-state index in [1.807, 2.05) is 19.9 Å². The molecule has 3 fully saturated rings. The highest BCUT2D eigenvalue weighted by Gasteiger charge is 2.56. The van der Waals surface area contributed by atoms with Crippen molar-refractivity contribution in [2.24, 2.45) is 29.6 Å². The highest BCUT2D eigenvalue weighted by molar-refractivity contribution is 6.39. The number of nitrogens with zero attached hydrogens (tertiary/aromatic N) is 1. The summed E-state index contributed by atoms with van der Waals surface area (Å²) in [6.45, 7) is 11.5. The van der Waals surface area contributed by atoms with Crippen LogP contribution < -0.4 is 0 Å². The molecule has 4 aliphatic rings. The van der Waals surface area contributed by atoms with Crippen molar-refractivity contribution in [2.75, 3.05) is 27.9 Å². The number of hydrogen-bond acceptors (Lipinski definition) is 12. The molecule has 1 amide bonds. The number of rotatable bonds is 7. The van der Waals surface area contributed by atoms with Gasteiger partial charge in [-0.15, -0.1) is 0 Å². The molecule has 14 atom stereocenters. The van der Waals surface area contributed by atoms with E-state index in [1.54, 1.807) is 35.2 Å². The number of Topliss-reactive ketones (excluding diaryl/α,β-unsaturated/α-hetero) is 2. The maximum Gasteiger partial charge on any atom is 0.329 e. The molecule has 0 radical (unpaired) electrons. The summed E-state index contributed by atoms with van der Waals surface area (Å²) >= 11 is 0. The number of esters is 1. The lowest BCUT2D eigenvalue weighted by atomic mass is 9.81. The Bertz CT molecular complexity index is 1460. The fourth-order valence-electron chi connectivity index (χ4n) is 9.88. The van der Waals surface area contributed by atoms with Crippen LogP contribution in [0.4, 0.5) is 0 Å². The normalized spacial score (nSPS) is 40.8. The smallest absolute Gasteiger partial charge is 0.329 e. The second kappa shape index (κ2) is 21.8. The molecule has 1 aliphatic carbocycles. The molecule has 1 unspecified atom stereocenters. The summed E-state index contributed by atoms with van der Waals surface area (Å²) in [5.74, 6) is -6.98. The summed E-state index contributed by atoms with van der Waals surface area (Å²) in [5.41, 5.74) is 1.78. The van der Waals surface area contributed by atoms with Crippen LogP contribution in [0.15, 0.2) is 23.3 Å². The Hall–Kier alpha value is -2.52. The van der Waals surface area contributed by atoms with Gasteiger partial charge in [0.15, 0.2) is 0 Å². The number of aliphatic hydroxyl groups is 3. The summed E-state index contributed by atoms with van der Waals surface area (Å²) in [7, 11) is 4.66. The molecule has 13 nitrogen and oxygen atoms in total. The van der Waals surface area contributed by atoms with E-state index in [9.17, 15) is 34.5 Å². The quantitative estimate of drug-likeness (QED) is 0.173. The first-order valence-corrected chi connectivity index (χ1v) is 21.7. The molecule has 3 heterocycles. The van der Waals surface area contributed by atoms with Crippen molar-refractivity contribution in [2.45, 2.75) is 180 Å². The van der Waals surface area contributed by atoms with Crippen molar-refractivity contribution in [3.05, 3.63) is 23.3 Å². The number of amides is 1. The predicted molar refractivity (Wildman–Crippen MR) is 217 cm³/mol. The van der Waals surface area contributed by atoms with Gasteiger partial charge in [0, 0.05) is 52.6 Å². The summed E-state index contributed by atoms with van der Waals surface area (Å²) in [6.07, 6.45) is 5.54. The number of carbonyl (C=O) groups excluding carboxylic acids is 4. The fraction of sp³-hybridized carbons (Fsp3) is 0.822. The first-order valence-electron chi connectivity index (χ1n) is 21.7. The molecule has 0 aromatic rings. The largest absolute Gasteiger partial charge is 0.456 e. The zero-order chi connectivity index (χ0) is 42.9. The number of carbonyl (C=O) groups is 4. The van der Waals surface area contributed by atoms with Gasteiger partial charge < -0.3 is 43.9 Å². The third-order valence-corrected chi connectivity index (χ3v) is 13.2. The van der Waals surface area contributed by atoms with Crippen molar-refractivity contribution in [3.63, 3.8) is 0 Å². The summed E-state index contributed by atoms with van der Waals surface area (Å²) in [4.78, 5) is 57.7. The van der Waals surface area contributed by atoms with Gasteiger partial charge in [0.05, 0.1) is 30.5 Å². The number of ether oxygens (including phenoxy) is 5. The molecule has 0 spiro atoms. The number of methoxy groups -OCH3 is 3. The molecule has 4 rings (SSSR count). The molecular formula is C45H73NO12. The molecular weight excluding hydrogens is 746 g/mol. The molecule has 58 heavy (non-hydrogen) atoms.